The Balaban J connectivity index is 1.75. The molecule has 2 heterocycles. The van der Waals surface area contributed by atoms with Crippen LogP contribution in [0.4, 0.5) is 5.69 Å². The third kappa shape index (κ3) is 4.06. The van der Waals surface area contributed by atoms with Crippen LogP contribution in [0.15, 0.2) is 108 Å². The molecule has 38 heavy (non-hydrogen) atoms. The van der Waals surface area contributed by atoms with Gasteiger partial charge in [0.1, 0.15) is 11.5 Å². The number of fused-ring (bicyclic) bond motifs is 1. The van der Waals surface area contributed by atoms with E-state index in [0.29, 0.717) is 11.3 Å². The zero-order chi connectivity index (χ0) is 26.8. The van der Waals surface area contributed by atoms with Crippen LogP contribution in [0.1, 0.15) is 11.5 Å². The Bertz CT molecular complexity index is 1630. The summed E-state index contributed by atoms with van der Waals surface area (Å²) < 4.78 is 10.2. The molecule has 0 aliphatic carbocycles. The highest BCUT2D eigenvalue weighted by Crippen LogP contribution is 2.43. The molecule has 0 fully saturated rings. The standard InChI is InChI=1S/C30H24N4O4/c1-37-29(35)26-25(18-9-4-3-5-10-18)22(17-31)28(32)34(27(26)30(36)38-2)21-13-8-12-19(15-21)24-16-20-11-6-7-14-23(20)33-24/h3-16,25,33H,32H2,1-2H3. The number of aromatic nitrogens is 1. The van der Waals surface area contributed by atoms with E-state index < -0.39 is 17.9 Å². The number of aromatic amines is 1. The van der Waals surface area contributed by atoms with Gasteiger partial charge in [-0.05, 0) is 29.8 Å². The molecule has 0 amide bonds. The largest absolute Gasteiger partial charge is 0.466 e. The monoisotopic (exact) mass is 504 g/mol. The molecule has 3 aromatic carbocycles. The average molecular weight is 505 g/mol. The van der Waals surface area contributed by atoms with Crippen molar-refractivity contribution in [2.24, 2.45) is 5.73 Å². The smallest absolute Gasteiger partial charge is 0.355 e. The van der Waals surface area contributed by atoms with Crippen LogP contribution < -0.4 is 10.6 Å². The Morgan fingerprint density at radius 1 is 0.921 bits per heavy atom. The molecule has 4 aromatic rings. The van der Waals surface area contributed by atoms with Crippen molar-refractivity contribution < 1.29 is 19.1 Å². The number of esters is 2. The molecule has 0 saturated carbocycles. The maximum atomic E-state index is 13.3. The number of nitrogens with zero attached hydrogens (tertiary/aromatic N) is 2. The van der Waals surface area contributed by atoms with Crippen molar-refractivity contribution in [3.63, 3.8) is 0 Å². The van der Waals surface area contributed by atoms with Crippen molar-refractivity contribution in [1.82, 2.24) is 4.98 Å². The number of anilines is 1. The molecule has 1 atom stereocenters. The van der Waals surface area contributed by atoms with Gasteiger partial charge in [-0.2, -0.15) is 5.26 Å². The molecule has 0 bridgehead atoms. The quantitative estimate of drug-likeness (QED) is 0.377. The topological polar surface area (TPSA) is 121 Å². The van der Waals surface area contributed by atoms with Gasteiger partial charge in [0, 0.05) is 27.8 Å². The normalized spacial score (nSPS) is 15.4. The highest BCUT2D eigenvalue weighted by atomic mass is 16.5. The highest BCUT2D eigenvalue weighted by Gasteiger charge is 2.43. The zero-order valence-corrected chi connectivity index (χ0v) is 20.8. The van der Waals surface area contributed by atoms with E-state index in [1.807, 2.05) is 54.6 Å². The molecule has 3 N–H and O–H groups in total. The van der Waals surface area contributed by atoms with Crippen molar-refractivity contribution in [3.8, 4) is 17.3 Å². The van der Waals surface area contributed by atoms with E-state index in [-0.39, 0.29) is 22.7 Å². The summed E-state index contributed by atoms with van der Waals surface area (Å²) in [4.78, 5) is 31.3. The number of carbonyl (C=O) groups is 2. The Kier molecular flexibility index (Phi) is 6.42. The van der Waals surface area contributed by atoms with Crippen LogP contribution in [0.2, 0.25) is 0 Å². The van der Waals surface area contributed by atoms with E-state index in [2.05, 4.69) is 11.1 Å². The molecule has 188 valence electrons. The molecule has 1 unspecified atom stereocenters. The summed E-state index contributed by atoms with van der Waals surface area (Å²) in [6, 6.07) is 28.3. The van der Waals surface area contributed by atoms with Gasteiger partial charge < -0.3 is 20.2 Å². The minimum absolute atomic E-state index is 0.0169. The lowest BCUT2D eigenvalue weighted by molar-refractivity contribution is -0.139. The molecule has 8 nitrogen and oxygen atoms in total. The number of hydrogen-bond donors (Lipinski definition) is 2. The number of H-pyrrole nitrogens is 1. The zero-order valence-electron chi connectivity index (χ0n) is 20.8. The maximum absolute atomic E-state index is 13.3. The fraction of sp³-hybridized carbons (Fsp3) is 0.100. The SMILES string of the molecule is COC(=O)C1=C(C(=O)OC)N(c2cccc(-c3cc4ccccc4[nH]3)c2)C(N)=C(C#N)C1c1ccccc1. The van der Waals surface area contributed by atoms with Gasteiger partial charge in [-0.3, -0.25) is 4.90 Å². The van der Waals surface area contributed by atoms with E-state index in [4.69, 9.17) is 15.2 Å². The second-order valence-corrected chi connectivity index (χ2v) is 8.66. The summed E-state index contributed by atoms with van der Waals surface area (Å²) in [5, 5.41) is 11.3. The van der Waals surface area contributed by atoms with Gasteiger partial charge in [0.15, 0.2) is 0 Å². The van der Waals surface area contributed by atoms with Crippen molar-refractivity contribution >= 4 is 28.5 Å². The number of rotatable bonds is 5. The lowest BCUT2D eigenvalue weighted by Gasteiger charge is -2.36. The molecule has 0 saturated heterocycles. The molecule has 5 rings (SSSR count). The number of nitrogens with two attached hydrogens (primary N) is 1. The highest BCUT2D eigenvalue weighted by molar-refractivity contribution is 6.06. The number of ether oxygens (including phenoxy) is 2. The molecule has 1 aliphatic heterocycles. The van der Waals surface area contributed by atoms with Crippen molar-refractivity contribution in [2.75, 3.05) is 19.1 Å². The average Bonchev–Trinajstić information content (AvgIpc) is 3.40. The van der Waals surface area contributed by atoms with Crippen molar-refractivity contribution in [3.05, 3.63) is 113 Å². The number of para-hydroxylation sites is 1. The van der Waals surface area contributed by atoms with Crippen LogP contribution in [0.5, 0.6) is 0 Å². The molecule has 8 heteroatoms. The summed E-state index contributed by atoms with van der Waals surface area (Å²) in [5.74, 6) is -2.46. The van der Waals surface area contributed by atoms with Crippen LogP contribution >= 0.6 is 0 Å². The fourth-order valence-electron chi connectivity index (χ4n) is 4.82. The second-order valence-electron chi connectivity index (χ2n) is 8.66. The molecule has 0 spiro atoms. The van der Waals surface area contributed by atoms with Gasteiger partial charge in [-0.15, -0.1) is 0 Å². The van der Waals surface area contributed by atoms with Crippen LogP contribution in [-0.2, 0) is 19.1 Å². The van der Waals surface area contributed by atoms with E-state index >= 15 is 0 Å². The predicted molar refractivity (Wildman–Crippen MR) is 143 cm³/mol. The number of methoxy groups -OCH3 is 2. The van der Waals surface area contributed by atoms with Crippen molar-refractivity contribution in [2.45, 2.75) is 5.92 Å². The minimum Gasteiger partial charge on any atom is -0.466 e. The Hall–Kier alpha value is -5.29. The van der Waals surface area contributed by atoms with E-state index in [9.17, 15) is 14.9 Å². The number of nitrogens with one attached hydrogen (secondary N) is 1. The van der Waals surface area contributed by atoms with Crippen LogP contribution in [-0.4, -0.2) is 31.1 Å². The molecule has 0 radical (unpaired) electrons. The third-order valence-corrected chi connectivity index (χ3v) is 6.56. The summed E-state index contributed by atoms with van der Waals surface area (Å²) in [7, 11) is 2.45. The third-order valence-electron chi connectivity index (χ3n) is 6.56. The van der Waals surface area contributed by atoms with Crippen LogP contribution in [0, 0.1) is 11.3 Å². The van der Waals surface area contributed by atoms with E-state index in [0.717, 1.165) is 22.2 Å². The Morgan fingerprint density at radius 3 is 2.32 bits per heavy atom. The maximum Gasteiger partial charge on any atom is 0.355 e. The first-order chi connectivity index (χ1) is 18.5. The first-order valence-corrected chi connectivity index (χ1v) is 11.8. The Morgan fingerprint density at radius 2 is 1.63 bits per heavy atom. The second kappa shape index (κ2) is 9.99. The first kappa shape index (κ1) is 24.4. The van der Waals surface area contributed by atoms with Gasteiger partial charge in [0.05, 0.1) is 37.4 Å². The molecule has 1 aliphatic rings. The Labute approximate surface area is 219 Å². The molecular formula is C30H24N4O4. The predicted octanol–water partition coefficient (Wildman–Crippen LogP) is 4.73. The van der Waals surface area contributed by atoms with Gasteiger partial charge >= 0.3 is 11.9 Å². The van der Waals surface area contributed by atoms with Crippen LogP contribution in [0.25, 0.3) is 22.2 Å². The number of nitriles is 1. The molecule has 1 aromatic heterocycles. The van der Waals surface area contributed by atoms with Gasteiger partial charge in [0.25, 0.3) is 0 Å². The van der Waals surface area contributed by atoms with Crippen molar-refractivity contribution in [1.29, 1.82) is 5.26 Å². The first-order valence-electron chi connectivity index (χ1n) is 11.8. The lowest BCUT2D eigenvalue weighted by Crippen LogP contribution is -2.40. The van der Waals surface area contributed by atoms with Gasteiger partial charge in [0.2, 0.25) is 0 Å². The minimum atomic E-state index is -0.920. The van der Waals surface area contributed by atoms with E-state index in [1.54, 1.807) is 30.3 Å². The number of hydrogen-bond acceptors (Lipinski definition) is 7. The van der Waals surface area contributed by atoms with E-state index in [1.165, 1.54) is 19.1 Å². The lowest BCUT2D eigenvalue weighted by atomic mass is 9.81. The van der Waals surface area contributed by atoms with Crippen LogP contribution in [0.3, 0.4) is 0 Å². The summed E-state index contributed by atoms with van der Waals surface area (Å²) in [6.07, 6.45) is 0. The van der Waals surface area contributed by atoms with Gasteiger partial charge in [-0.1, -0.05) is 60.7 Å². The fourth-order valence-corrected chi connectivity index (χ4v) is 4.82. The number of allylic oxidation sites excluding steroid dienone is 1. The summed E-state index contributed by atoms with van der Waals surface area (Å²) >= 11 is 0. The molecular weight excluding hydrogens is 480 g/mol. The summed E-state index contributed by atoms with van der Waals surface area (Å²) in [5.41, 5.74) is 10.3. The number of benzene rings is 3. The van der Waals surface area contributed by atoms with Gasteiger partial charge in [-0.25, -0.2) is 9.59 Å². The number of carbonyl (C=O) groups excluding carboxylic acids is 2. The summed E-state index contributed by atoms with van der Waals surface area (Å²) in [6.45, 7) is 0.